The zero-order valence-corrected chi connectivity index (χ0v) is 12.8. The molecule has 1 aromatic carbocycles. The fourth-order valence-corrected chi connectivity index (χ4v) is 2.13. The molecule has 1 aliphatic heterocycles. The van der Waals surface area contributed by atoms with E-state index in [1.54, 1.807) is 25.3 Å². The summed E-state index contributed by atoms with van der Waals surface area (Å²) in [5.74, 6) is 3.46. The lowest BCUT2D eigenvalue weighted by Gasteiger charge is -2.12. The van der Waals surface area contributed by atoms with Crippen molar-refractivity contribution in [1.82, 2.24) is 5.32 Å². The van der Waals surface area contributed by atoms with Crippen molar-refractivity contribution in [3.8, 4) is 23.8 Å². The fraction of sp³-hybridized carbons (Fsp3) is 0.438. The van der Waals surface area contributed by atoms with Gasteiger partial charge in [0.1, 0.15) is 11.5 Å². The van der Waals surface area contributed by atoms with Crippen LogP contribution in [0.2, 0.25) is 0 Å². The van der Waals surface area contributed by atoms with Gasteiger partial charge in [-0.15, -0.1) is 12.3 Å². The van der Waals surface area contributed by atoms with Gasteiger partial charge in [0.15, 0.2) is 5.66 Å². The number of terminal acetylenes is 1. The summed E-state index contributed by atoms with van der Waals surface area (Å²) in [6, 6.07) is 5.09. The lowest BCUT2D eigenvalue weighted by Crippen LogP contribution is -2.28. The van der Waals surface area contributed by atoms with Gasteiger partial charge in [0.2, 0.25) is 0 Å². The highest BCUT2D eigenvalue weighted by Gasteiger charge is 2.38. The number of methoxy groups -OCH3 is 2. The number of hydrogen-bond donors (Lipinski definition) is 1. The summed E-state index contributed by atoms with van der Waals surface area (Å²) in [6.45, 7) is 0.469. The van der Waals surface area contributed by atoms with E-state index in [9.17, 15) is 4.79 Å². The topological polar surface area (TPSA) is 72.3 Å². The molecule has 0 radical (unpaired) electrons. The molecule has 0 unspecified atom stereocenters. The van der Waals surface area contributed by atoms with Gasteiger partial charge in [-0.3, -0.25) is 4.79 Å². The fourth-order valence-electron chi connectivity index (χ4n) is 2.13. The van der Waals surface area contributed by atoms with E-state index in [1.165, 1.54) is 7.11 Å². The van der Waals surface area contributed by atoms with Crippen LogP contribution in [-0.2, 0) is 0 Å². The molecule has 0 spiro atoms. The molecule has 1 aliphatic rings. The highest BCUT2D eigenvalue weighted by Crippen LogP contribution is 2.36. The van der Waals surface area contributed by atoms with Crippen LogP contribution < -0.4 is 14.8 Å². The van der Waals surface area contributed by atoms with E-state index in [2.05, 4.69) is 21.5 Å². The number of carbonyl (C=O) groups is 1. The molecule has 0 fully saturated rings. The van der Waals surface area contributed by atoms with Crippen molar-refractivity contribution in [2.24, 2.45) is 10.2 Å². The third-order valence-electron chi connectivity index (χ3n) is 3.51. The summed E-state index contributed by atoms with van der Waals surface area (Å²) >= 11 is 0. The molecule has 6 heteroatoms. The maximum atomic E-state index is 12.3. The minimum Gasteiger partial charge on any atom is -0.497 e. The minimum absolute atomic E-state index is 0.219. The number of ether oxygens (including phenoxy) is 2. The smallest absolute Gasteiger partial charge is 0.255 e. The molecule has 1 heterocycles. The van der Waals surface area contributed by atoms with Crippen molar-refractivity contribution in [1.29, 1.82) is 0 Å². The summed E-state index contributed by atoms with van der Waals surface area (Å²) < 4.78 is 10.3. The summed E-state index contributed by atoms with van der Waals surface area (Å²) in [6.07, 6.45) is 7.25. The van der Waals surface area contributed by atoms with Crippen molar-refractivity contribution >= 4 is 5.91 Å². The van der Waals surface area contributed by atoms with Crippen LogP contribution >= 0.6 is 0 Å². The highest BCUT2D eigenvalue weighted by molar-refractivity contribution is 5.97. The average Bonchev–Trinajstić information content (AvgIpc) is 3.32. The molecule has 6 nitrogen and oxygen atoms in total. The van der Waals surface area contributed by atoms with Crippen LogP contribution in [0.5, 0.6) is 11.5 Å². The standard InChI is InChI=1S/C16H19N3O3/c1-4-5-8-16(18-19-16)9-10-17-15(20)13-11-12(21-2)6-7-14(13)22-3/h1,6-7,11H,5,8-10H2,2-3H3,(H,17,20). The number of benzene rings is 1. The highest BCUT2D eigenvalue weighted by atomic mass is 16.5. The molecule has 1 amide bonds. The predicted octanol–water partition coefficient (Wildman–Crippen LogP) is 2.40. The summed E-state index contributed by atoms with van der Waals surface area (Å²) in [5.41, 5.74) is 0.0437. The Hall–Kier alpha value is -2.55. The van der Waals surface area contributed by atoms with Crippen LogP contribution in [0.1, 0.15) is 29.6 Å². The van der Waals surface area contributed by atoms with Crippen LogP contribution in [0.25, 0.3) is 0 Å². The van der Waals surface area contributed by atoms with Crippen LogP contribution in [0.4, 0.5) is 0 Å². The van der Waals surface area contributed by atoms with Gasteiger partial charge in [0.05, 0.1) is 19.8 Å². The Morgan fingerprint density at radius 1 is 1.32 bits per heavy atom. The molecule has 0 bridgehead atoms. The maximum absolute atomic E-state index is 12.3. The van der Waals surface area contributed by atoms with Gasteiger partial charge in [0, 0.05) is 25.8 Å². The molecule has 1 N–H and O–H groups in total. The van der Waals surface area contributed by atoms with Gasteiger partial charge in [0.25, 0.3) is 5.91 Å². The molecule has 0 atom stereocenters. The molecule has 22 heavy (non-hydrogen) atoms. The molecular weight excluding hydrogens is 282 g/mol. The zero-order valence-electron chi connectivity index (χ0n) is 12.8. The molecule has 2 rings (SSSR count). The van der Waals surface area contributed by atoms with Gasteiger partial charge in [-0.1, -0.05) is 0 Å². The Balaban J connectivity index is 1.91. The summed E-state index contributed by atoms with van der Waals surface area (Å²) in [5, 5.41) is 10.9. The first-order valence-corrected chi connectivity index (χ1v) is 7.02. The summed E-state index contributed by atoms with van der Waals surface area (Å²) in [7, 11) is 3.07. The quantitative estimate of drug-likeness (QED) is 0.749. The van der Waals surface area contributed by atoms with Crippen molar-refractivity contribution in [2.45, 2.75) is 24.9 Å². The first kappa shape index (κ1) is 15.8. The van der Waals surface area contributed by atoms with E-state index in [0.29, 0.717) is 36.4 Å². The van der Waals surface area contributed by atoms with Crippen molar-refractivity contribution in [3.05, 3.63) is 23.8 Å². The Kier molecular flexibility index (Phi) is 4.99. The molecule has 116 valence electrons. The maximum Gasteiger partial charge on any atom is 0.255 e. The van der Waals surface area contributed by atoms with E-state index in [0.717, 1.165) is 6.42 Å². The summed E-state index contributed by atoms with van der Waals surface area (Å²) in [4.78, 5) is 12.3. The van der Waals surface area contributed by atoms with E-state index >= 15 is 0 Å². The van der Waals surface area contributed by atoms with E-state index < -0.39 is 5.66 Å². The van der Waals surface area contributed by atoms with Crippen LogP contribution in [0.15, 0.2) is 28.4 Å². The number of amides is 1. The third-order valence-corrected chi connectivity index (χ3v) is 3.51. The van der Waals surface area contributed by atoms with Crippen molar-refractivity contribution < 1.29 is 14.3 Å². The van der Waals surface area contributed by atoms with Gasteiger partial charge >= 0.3 is 0 Å². The number of nitrogens with zero attached hydrogens (tertiary/aromatic N) is 2. The lowest BCUT2D eigenvalue weighted by molar-refractivity contribution is 0.0948. The Labute approximate surface area is 129 Å². The number of carbonyl (C=O) groups excluding carboxylic acids is 1. The van der Waals surface area contributed by atoms with Crippen LogP contribution in [0, 0.1) is 12.3 Å². The molecule has 0 aromatic heterocycles. The largest absolute Gasteiger partial charge is 0.497 e. The average molecular weight is 301 g/mol. The first-order valence-electron chi connectivity index (χ1n) is 7.02. The molecular formula is C16H19N3O3. The van der Waals surface area contributed by atoms with Crippen molar-refractivity contribution in [2.75, 3.05) is 20.8 Å². The predicted molar refractivity (Wildman–Crippen MR) is 82.2 cm³/mol. The second kappa shape index (κ2) is 6.94. The van der Waals surface area contributed by atoms with Gasteiger partial charge < -0.3 is 14.8 Å². The Morgan fingerprint density at radius 3 is 2.68 bits per heavy atom. The molecule has 0 saturated carbocycles. The number of hydrogen-bond acceptors (Lipinski definition) is 5. The lowest BCUT2D eigenvalue weighted by atomic mass is 10.0. The second-order valence-electron chi connectivity index (χ2n) is 4.96. The van der Waals surface area contributed by atoms with E-state index in [-0.39, 0.29) is 5.91 Å². The van der Waals surface area contributed by atoms with E-state index in [4.69, 9.17) is 15.9 Å². The van der Waals surface area contributed by atoms with Crippen LogP contribution in [0.3, 0.4) is 0 Å². The van der Waals surface area contributed by atoms with Gasteiger partial charge in [-0.05, 0) is 18.2 Å². The number of nitrogens with one attached hydrogen (secondary N) is 1. The Morgan fingerprint density at radius 2 is 2.09 bits per heavy atom. The minimum atomic E-state index is -0.391. The van der Waals surface area contributed by atoms with Gasteiger partial charge in [-0.2, -0.15) is 10.2 Å². The zero-order chi connectivity index (χ0) is 16.0. The van der Waals surface area contributed by atoms with Crippen LogP contribution in [-0.4, -0.2) is 32.3 Å². The van der Waals surface area contributed by atoms with Gasteiger partial charge in [-0.25, -0.2) is 0 Å². The third kappa shape index (κ3) is 3.76. The second-order valence-corrected chi connectivity index (χ2v) is 4.96. The Bertz CT molecular complexity index is 614. The number of rotatable bonds is 8. The molecule has 0 saturated heterocycles. The SMILES string of the molecule is C#CCCC1(CCNC(=O)c2cc(OC)ccc2OC)N=N1. The van der Waals surface area contributed by atoms with E-state index in [1.807, 2.05) is 0 Å². The first-order chi connectivity index (χ1) is 10.6. The molecule has 0 aliphatic carbocycles. The monoisotopic (exact) mass is 301 g/mol. The van der Waals surface area contributed by atoms with Crippen molar-refractivity contribution in [3.63, 3.8) is 0 Å². The normalized spacial score (nSPS) is 14.0. The molecule has 1 aromatic rings.